The normalized spacial score (nSPS) is 13.3. The Balaban J connectivity index is 1.68. The van der Waals surface area contributed by atoms with Gasteiger partial charge in [-0.25, -0.2) is 13.2 Å². The molecule has 6 heteroatoms. The van der Waals surface area contributed by atoms with Crippen LogP contribution in [-0.4, -0.2) is 5.91 Å². The van der Waals surface area contributed by atoms with Crippen LogP contribution in [0.1, 0.15) is 32.1 Å². The summed E-state index contributed by atoms with van der Waals surface area (Å²) in [5.41, 5.74) is 1.10. The Hall–Kier alpha value is -1.82. The van der Waals surface area contributed by atoms with Crippen molar-refractivity contribution in [2.75, 3.05) is 0 Å². The first kappa shape index (κ1) is 14.1. The molecule has 0 saturated heterocycles. The largest absolute Gasteiger partial charge is 0.347 e. The second-order valence-corrected chi connectivity index (χ2v) is 6.17. The van der Waals surface area contributed by atoms with Gasteiger partial charge in [0.05, 0.1) is 6.54 Å². The number of amides is 1. The fourth-order valence-electron chi connectivity index (χ4n) is 2.43. The van der Waals surface area contributed by atoms with Gasteiger partial charge in [-0.3, -0.25) is 4.79 Å². The number of thiophene rings is 1. The third kappa shape index (κ3) is 2.81. The van der Waals surface area contributed by atoms with Gasteiger partial charge in [0, 0.05) is 15.3 Å². The molecule has 0 unspecified atom stereocenters. The molecule has 110 valence electrons. The van der Waals surface area contributed by atoms with E-state index in [2.05, 4.69) is 11.4 Å². The van der Waals surface area contributed by atoms with E-state index in [-0.39, 0.29) is 5.56 Å². The third-order valence-electron chi connectivity index (χ3n) is 3.47. The molecule has 0 fully saturated rings. The minimum absolute atomic E-state index is 0.226. The molecule has 1 heterocycles. The first-order valence-electron chi connectivity index (χ1n) is 6.58. The monoisotopic (exact) mass is 311 g/mol. The van der Waals surface area contributed by atoms with E-state index in [9.17, 15) is 18.0 Å². The van der Waals surface area contributed by atoms with Crippen LogP contribution >= 0.6 is 11.3 Å². The van der Waals surface area contributed by atoms with E-state index in [0.717, 1.165) is 17.7 Å². The van der Waals surface area contributed by atoms with Crippen LogP contribution in [0, 0.1) is 17.5 Å². The number of benzene rings is 1. The van der Waals surface area contributed by atoms with Gasteiger partial charge in [-0.05, 0) is 43.0 Å². The zero-order valence-corrected chi connectivity index (χ0v) is 11.8. The van der Waals surface area contributed by atoms with Crippen LogP contribution < -0.4 is 5.32 Å². The second kappa shape index (κ2) is 5.52. The first-order valence-corrected chi connectivity index (χ1v) is 7.39. The van der Waals surface area contributed by atoms with E-state index < -0.39 is 23.4 Å². The highest BCUT2D eigenvalue weighted by molar-refractivity contribution is 7.12. The van der Waals surface area contributed by atoms with Crippen LogP contribution in [0.25, 0.3) is 0 Å². The molecule has 3 rings (SSSR count). The maximum atomic E-state index is 13.1. The summed E-state index contributed by atoms with van der Waals surface area (Å²) < 4.78 is 39.0. The summed E-state index contributed by atoms with van der Waals surface area (Å²) in [5, 5.41) is 2.59. The van der Waals surface area contributed by atoms with Crippen molar-refractivity contribution in [3.8, 4) is 0 Å². The number of halogens is 3. The Morgan fingerprint density at radius 2 is 1.86 bits per heavy atom. The molecule has 2 nitrogen and oxygen atoms in total. The van der Waals surface area contributed by atoms with Gasteiger partial charge in [-0.2, -0.15) is 0 Å². The summed E-state index contributed by atoms with van der Waals surface area (Å²) in [4.78, 5) is 14.2. The number of hydrogen-bond acceptors (Lipinski definition) is 2. The Labute approximate surface area is 123 Å². The van der Waals surface area contributed by atoms with Gasteiger partial charge in [0.2, 0.25) is 0 Å². The minimum Gasteiger partial charge on any atom is -0.347 e. The molecule has 2 aromatic rings. The van der Waals surface area contributed by atoms with E-state index in [4.69, 9.17) is 0 Å². The van der Waals surface area contributed by atoms with Crippen molar-refractivity contribution in [2.24, 2.45) is 0 Å². The van der Waals surface area contributed by atoms with Crippen molar-refractivity contribution in [3.63, 3.8) is 0 Å². The molecular weight excluding hydrogens is 299 g/mol. The van der Waals surface area contributed by atoms with Crippen LogP contribution in [0.2, 0.25) is 0 Å². The van der Waals surface area contributed by atoms with Crippen molar-refractivity contribution in [1.29, 1.82) is 0 Å². The Morgan fingerprint density at radius 1 is 1.14 bits per heavy atom. The fourth-order valence-corrected chi connectivity index (χ4v) is 3.63. The number of carbonyl (C=O) groups excluding carboxylic acids is 1. The highest BCUT2D eigenvalue weighted by atomic mass is 32.1. The summed E-state index contributed by atoms with van der Waals surface area (Å²) in [7, 11) is 0. The molecule has 0 aliphatic heterocycles. The zero-order chi connectivity index (χ0) is 15.0. The number of nitrogens with one attached hydrogen (secondary N) is 1. The van der Waals surface area contributed by atoms with Crippen molar-refractivity contribution < 1.29 is 18.0 Å². The average molecular weight is 311 g/mol. The average Bonchev–Trinajstić information content (AvgIpc) is 3.02. The lowest BCUT2D eigenvalue weighted by molar-refractivity contribution is 0.0950. The summed E-state index contributed by atoms with van der Waals surface area (Å²) in [6.07, 6.45) is 3.30. The maximum absolute atomic E-state index is 13.1. The molecule has 0 atom stereocenters. The van der Waals surface area contributed by atoms with Gasteiger partial charge < -0.3 is 5.32 Å². The van der Waals surface area contributed by atoms with Crippen molar-refractivity contribution >= 4 is 17.2 Å². The molecule has 1 N–H and O–H groups in total. The van der Waals surface area contributed by atoms with Crippen molar-refractivity contribution in [2.45, 2.75) is 25.8 Å². The number of aryl methyl sites for hydroxylation is 2. The number of fused-ring (bicyclic) bond motifs is 1. The first-order chi connectivity index (χ1) is 10.0. The summed E-state index contributed by atoms with van der Waals surface area (Å²) in [6.45, 7) is 0.303. The Morgan fingerprint density at radius 3 is 2.52 bits per heavy atom. The van der Waals surface area contributed by atoms with Crippen molar-refractivity contribution in [3.05, 3.63) is 56.5 Å². The van der Waals surface area contributed by atoms with Crippen LogP contribution in [0.4, 0.5) is 13.2 Å². The summed E-state index contributed by atoms with van der Waals surface area (Å²) in [5.74, 6) is -4.92. The Kier molecular flexibility index (Phi) is 3.71. The molecule has 1 amide bonds. The maximum Gasteiger partial charge on any atom is 0.251 e. The predicted molar refractivity (Wildman–Crippen MR) is 73.8 cm³/mol. The lowest BCUT2D eigenvalue weighted by atomic mass is 10.2. The lowest BCUT2D eigenvalue weighted by Crippen LogP contribution is -2.22. The zero-order valence-electron chi connectivity index (χ0n) is 11.0. The minimum atomic E-state index is -1.57. The number of rotatable bonds is 3. The molecule has 0 spiro atoms. The molecule has 1 aliphatic carbocycles. The summed E-state index contributed by atoms with van der Waals surface area (Å²) >= 11 is 1.65. The fraction of sp³-hybridized carbons (Fsp3) is 0.267. The number of hydrogen-bond donors (Lipinski definition) is 1. The van der Waals surface area contributed by atoms with Gasteiger partial charge in [-0.15, -0.1) is 11.3 Å². The lowest BCUT2D eigenvalue weighted by Gasteiger charge is -2.05. The van der Waals surface area contributed by atoms with Gasteiger partial charge in [0.25, 0.3) is 5.91 Å². The van der Waals surface area contributed by atoms with Crippen molar-refractivity contribution in [1.82, 2.24) is 5.32 Å². The van der Waals surface area contributed by atoms with E-state index in [1.807, 2.05) is 0 Å². The second-order valence-electron chi connectivity index (χ2n) is 4.95. The molecule has 1 aromatic carbocycles. The smallest absolute Gasteiger partial charge is 0.251 e. The molecule has 0 saturated carbocycles. The molecule has 21 heavy (non-hydrogen) atoms. The topological polar surface area (TPSA) is 29.1 Å². The standard InChI is InChI=1S/C15H12F3NOS/c16-11-5-9(6-12(17)14(11)18)15(20)19-7-10-4-8-2-1-3-13(8)21-10/h4-6H,1-3,7H2,(H,19,20). The molecule has 0 radical (unpaired) electrons. The molecule has 1 aliphatic rings. The quantitative estimate of drug-likeness (QED) is 0.863. The van der Waals surface area contributed by atoms with Crippen LogP contribution in [-0.2, 0) is 19.4 Å². The molecule has 1 aromatic heterocycles. The van der Waals surface area contributed by atoms with Crippen LogP contribution in [0.3, 0.4) is 0 Å². The highest BCUT2D eigenvalue weighted by Crippen LogP contribution is 2.30. The van der Waals surface area contributed by atoms with Gasteiger partial charge in [0.15, 0.2) is 17.5 Å². The Bertz CT molecular complexity index is 666. The van der Waals surface area contributed by atoms with E-state index in [1.165, 1.54) is 16.9 Å². The predicted octanol–water partition coefficient (Wildman–Crippen LogP) is 3.58. The van der Waals surface area contributed by atoms with Gasteiger partial charge in [-0.1, -0.05) is 0 Å². The SMILES string of the molecule is O=C(NCc1cc2c(s1)CCC2)c1cc(F)c(F)c(F)c1. The third-order valence-corrected chi connectivity index (χ3v) is 4.70. The molecule has 0 bridgehead atoms. The van der Waals surface area contributed by atoms with E-state index in [0.29, 0.717) is 18.7 Å². The summed E-state index contributed by atoms with van der Waals surface area (Å²) in [6, 6.07) is 3.45. The van der Waals surface area contributed by atoms with E-state index in [1.54, 1.807) is 11.3 Å². The number of carbonyl (C=O) groups is 1. The van der Waals surface area contributed by atoms with Crippen LogP contribution in [0.5, 0.6) is 0 Å². The highest BCUT2D eigenvalue weighted by Gasteiger charge is 2.17. The molecular formula is C15H12F3NOS. The van der Waals surface area contributed by atoms with Gasteiger partial charge >= 0.3 is 0 Å². The van der Waals surface area contributed by atoms with E-state index >= 15 is 0 Å². The van der Waals surface area contributed by atoms with Crippen LogP contribution in [0.15, 0.2) is 18.2 Å². The van der Waals surface area contributed by atoms with Gasteiger partial charge in [0.1, 0.15) is 0 Å².